The third-order valence-electron chi connectivity index (χ3n) is 1.10. The van der Waals surface area contributed by atoms with E-state index in [0.717, 1.165) is 25.1 Å². The Balaban J connectivity index is 3.00. The second-order valence-corrected chi connectivity index (χ2v) is 3.26. The van der Waals surface area contributed by atoms with Crippen LogP contribution in [0.25, 0.3) is 0 Å². The summed E-state index contributed by atoms with van der Waals surface area (Å²) in [6, 6.07) is 0. The van der Waals surface area contributed by atoms with E-state index in [1.807, 2.05) is 0 Å². The lowest BCUT2D eigenvalue weighted by atomic mass is 10.3. The predicted octanol–water partition coefficient (Wildman–Crippen LogP) is -0.115. The van der Waals surface area contributed by atoms with Crippen molar-refractivity contribution in [1.29, 1.82) is 5.41 Å². The largest absolute Gasteiger partial charge is 0.379 e. The minimum Gasteiger partial charge on any atom is -0.379 e. The Hall–Kier alpha value is -0.750. The molecular formula is C6H15N5S. The summed E-state index contributed by atoms with van der Waals surface area (Å²) in [6.45, 7) is 0.767. The molecule has 0 radical (unpaired) electrons. The van der Waals surface area contributed by atoms with E-state index in [1.165, 1.54) is 18.1 Å². The monoisotopic (exact) mass is 189 g/mol. The first-order valence-electron chi connectivity index (χ1n) is 3.68. The number of hydrogen-bond donors (Lipinski definition) is 4. The lowest BCUT2D eigenvalue weighted by molar-refractivity contribution is 0.813. The summed E-state index contributed by atoms with van der Waals surface area (Å²) in [6.07, 6.45) is 3.49. The summed E-state index contributed by atoms with van der Waals surface area (Å²) < 4.78 is 0. The van der Waals surface area contributed by atoms with E-state index >= 15 is 0 Å². The number of thioether (sulfide) groups is 1. The van der Waals surface area contributed by atoms with E-state index in [9.17, 15) is 0 Å². The lowest BCUT2D eigenvalue weighted by Gasteiger charge is -1.96. The van der Waals surface area contributed by atoms with E-state index in [1.54, 1.807) is 0 Å². The topological polar surface area (TPSA) is 100 Å². The van der Waals surface area contributed by atoms with Crippen LogP contribution in [-0.2, 0) is 0 Å². The van der Waals surface area contributed by atoms with Gasteiger partial charge in [-0.05, 0) is 12.8 Å². The molecule has 70 valence electrons. The molecule has 0 heterocycles. The second kappa shape index (κ2) is 8.35. The molecule has 6 heteroatoms. The molecule has 0 bridgehead atoms. The van der Waals surface area contributed by atoms with Gasteiger partial charge in [-0.3, -0.25) is 10.4 Å². The summed E-state index contributed by atoms with van der Waals surface area (Å²) >= 11 is 1.36. The fourth-order valence-corrected chi connectivity index (χ4v) is 1.17. The zero-order valence-corrected chi connectivity index (χ0v) is 7.73. The summed E-state index contributed by atoms with van der Waals surface area (Å²) in [5.74, 6) is 5.85. The van der Waals surface area contributed by atoms with Crippen molar-refractivity contribution in [2.45, 2.75) is 12.8 Å². The molecule has 0 amide bonds. The smallest absolute Gasteiger partial charge is 0.151 e. The van der Waals surface area contributed by atoms with E-state index in [-0.39, 0.29) is 5.17 Å². The molecule has 0 aromatic carbocycles. The van der Waals surface area contributed by atoms with E-state index in [4.69, 9.17) is 17.0 Å². The maximum absolute atomic E-state index is 6.93. The van der Waals surface area contributed by atoms with Crippen molar-refractivity contribution in [3.8, 4) is 0 Å². The van der Waals surface area contributed by atoms with Gasteiger partial charge in [0.2, 0.25) is 0 Å². The first-order valence-corrected chi connectivity index (χ1v) is 4.67. The molecule has 0 saturated heterocycles. The van der Waals surface area contributed by atoms with Crippen LogP contribution in [0.5, 0.6) is 0 Å². The molecule has 5 nitrogen and oxygen atoms in total. The van der Waals surface area contributed by atoms with Crippen molar-refractivity contribution >= 4 is 23.3 Å². The van der Waals surface area contributed by atoms with Crippen molar-refractivity contribution in [1.82, 2.24) is 5.43 Å². The van der Waals surface area contributed by atoms with Crippen LogP contribution < -0.4 is 17.0 Å². The molecule has 0 aliphatic carbocycles. The Labute approximate surface area is 76.5 Å². The van der Waals surface area contributed by atoms with Crippen molar-refractivity contribution in [3.63, 3.8) is 0 Å². The Morgan fingerprint density at radius 1 is 1.58 bits per heavy atom. The van der Waals surface area contributed by atoms with Crippen LogP contribution in [0.3, 0.4) is 0 Å². The summed E-state index contributed by atoms with van der Waals surface area (Å²) in [4.78, 5) is 3.95. The van der Waals surface area contributed by atoms with Crippen molar-refractivity contribution in [3.05, 3.63) is 0 Å². The van der Waals surface area contributed by atoms with E-state index < -0.39 is 0 Å². The predicted molar refractivity (Wildman–Crippen MR) is 54.3 cm³/mol. The number of unbranched alkanes of at least 4 members (excludes halogenated alkanes) is 1. The minimum absolute atomic E-state index is 0.183. The van der Waals surface area contributed by atoms with E-state index in [2.05, 4.69) is 10.4 Å². The SMILES string of the molecule is N=C(N)SCCCCN=CNN. The molecular weight excluding hydrogens is 174 g/mol. The number of nitrogens with zero attached hydrogens (tertiary/aromatic N) is 1. The standard InChI is InChI=1S/C6H15N5S/c7-6(8)12-4-2-1-3-10-5-11-9/h5H,1-4,9H2,(H3,7,8)(H,10,11). The van der Waals surface area contributed by atoms with Crippen molar-refractivity contribution in [2.75, 3.05) is 12.3 Å². The fraction of sp³-hybridized carbons (Fsp3) is 0.667. The number of amidine groups is 1. The quantitative estimate of drug-likeness (QED) is 0.154. The molecule has 0 atom stereocenters. The number of nitrogens with two attached hydrogens (primary N) is 2. The maximum atomic E-state index is 6.93. The van der Waals surface area contributed by atoms with Gasteiger partial charge >= 0.3 is 0 Å². The summed E-state index contributed by atoms with van der Waals surface area (Å²) in [5, 5.41) is 7.11. The second-order valence-electron chi connectivity index (χ2n) is 2.12. The zero-order valence-electron chi connectivity index (χ0n) is 6.92. The van der Waals surface area contributed by atoms with Crippen LogP contribution in [0.1, 0.15) is 12.8 Å². The molecule has 0 aliphatic rings. The molecule has 0 spiro atoms. The van der Waals surface area contributed by atoms with Crippen LogP contribution >= 0.6 is 11.8 Å². The molecule has 0 saturated carbocycles. The van der Waals surface area contributed by atoms with Gasteiger partial charge in [0.1, 0.15) is 0 Å². The molecule has 0 aromatic heterocycles. The molecule has 0 rings (SSSR count). The van der Waals surface area contributed by atoms with Gasteiger partial charge < -0.3 is 11.2 Å². The number of hydrogen-bond acceptors (Lipinski definition) is 4. The molecule has 0 aliphatic heterocycles. The molecule has 12 heavy (non-hydrogen) atoms. The Morgan fingerprint density at radius 3 is 2.92 bits per heavy atom. The molecule has 0 unspecified atom stereocenters. The van der Waals surface area contributed by atoms with Crippen LogP contribution in [0.2, 0.25) is 0 Å². The van der Waals surface area contributed by atoms with E-state index in [0.29, 0.717) is 0 Å². The number of aliphatic imine (C=N–C) groups is 1. The van der Waals surface area contributed by atoms with Crippen molar-refractivity contribution in [2.24, 2.45) is 16.6 Å². The lowest BCUT2D eigenvalue weighted by Crippen LogP contribution is -2.19. The van der Waals surface area contributed by atoms with Crippen LogP contribution in [0, 0.1) is 5.41 Å². The minimum atomic E-state index is 0.183. The number of rotatable bonds is 6. The Bertz CT molecular complexity index is 147. The zero-order chi connectivity index (χ0) is 9.23. The third-order valence-corrected chi connectivity index (χ3v) is 1.91. The van der Waals surface area contributed by atoms with Gasteiger partial charge in [-0.25, -0.2) is 5.84 Å². The van der Waals surface area contributed by atoms with Crippen molar-refractivity contribution < 1.29 is 0 Å². The van der Waals surface area contributed by atoms with Gasteiger partial charge in [0.05, 0.1) is 6.34 Å². The van der Waals surface area contributed by atoms with Gasteiger partial charge in [-0.2, -0.15) is 0 Å². The Morgan fingerprint density at radius 2 is 2.33 bits per heavy atom. The third kappa shape index (κ3) is 9.25. The highest BCUT2D eigenvalue weighted by Gasteiger charge is 1.90. The molecule has 0 aromatic rings. The maximum Gasteiger partial charge on any atom is 0.151 e. The number of nitrogens with one attached hydrogen (secondary N) is 2. The van der Waals surface area contributed by atoms with Crippen LogP contribution in [0.4, 0.5) is 0 Å². The van der Waals surface area contributed by atoms with Crippen LogP contribution in [0.15, 0.2) is 4.99 Å². The van der Waals surface area contributed by atoms with Gasteiger partial charge in [-0.15, -0.1) is 0 Å². The first-order chi connectivity index (χ1) is 5.77. The molecule has 6 N–H and O–H groups in total. The molecule has 0 fully saturated rings. The van der Waals surface area contributed by atoms with Gasteiger partial charge in [0, 0.05) is 12.3 Å². The first kappa shape index (κ1) is 11.2. The highest BCUT2D eigenvalue weighted by Crippen LogP contribution is 2.02. The highest BCUT2D eigenvalue weighted by molar-refractivity contribution is 8.13. The fourth-order valence-electron chi connectivity index (χ4n) is 0.605. The Kier molecular flexibility index (Phi) is 7.83. The normalized spacial score (nSPS) is 10.4. The van der Waals surface area contributed by atoms with Gasteiger partial charge in [0.15, 0.2) is 5.17 Å². The average molecular weight is 189 g/mol. The number of hydrazine groups is 1. The highest BCUT2D eigenvalue weighted by atomic mass is 32.2. The summed E-state index contributed by atoms with van der Waals surface area (Å²) in [5.41, 5.74) is 7.47. The van der Waals surface area contributed by atoms with Gasteiger partial charge in [0.25, 0.3) is 0 Å². The average Bonchev–Trinajstić information content (AvgIpc) is 2.02. The van der Waals surface area contributed by atoms with Gasteiger partial charge in [-0.1, -0.05) is 11.8 Å². The van der Waals surface area contributed by atoms with Crippen LogP contribution in [-0.4, -0.2) is 23.8 Å². The summed E-state index contributed by atoms with van der Waals surface area (Å²) in [7, 11) is 0.